The molecule has 0 aliphatic rings. The van der Waals surface area contributed by atoms with E-state index >= 15 is 0 Å². The van der Waals surface area contributed by atoms with E-state index in [0.29, 0.717) is 0 Å². The number of thiol groups is 1. The lowest BCUT2D eigenvalue weighted by molar-refractivity contribution is 1.32. The Labute approximate surface area is 88.8 Å². The normalized spacial score (nSPS) is 7.54. The van der Waals surface area contributed by atoms with E-state index in [1.807, 2.05) is 39.8 Å². The number of aryl methyl sites for hydroxylation is 1. The Hall–Kier alpha value is -0.430. The SMILES string of the molecule is CC.CC.Cc1ccccc1CS. The van der Waals surface area contributed by atoms with Crippen molar-refractivity contribution in [3.8, 4) is 0 Å². The highest BCUT2D eigenvalue weighted by molar-refractivity contribution is 7.79. The van der Waals surface area contributed by atoms with Gasteiger partial charge in [-0.05, 0) is 18.1 Å². The summed E-state index contributed by atoms with van der Waals surface area (Å²) >= 11 is 4.18. The van der Waals surface area contributed by atoms with Crippen molar-refractivity contribution in [1.82, 2.24) is 0 Å². The third-order valence-corrected chi connectivity index (χ3v) is 1.77. The summed E-state index contributed by atoms with van der Waals surface area (Å²) in [6.45, 7) is 10.1. The molecule has 0 fully saturated rings. The third kappa shape index (κ3) is 6.71. The Kier molecular flexibility index (Phi) is 13.4. The van der Waals surface area contributed by atoms with Crippen LogP contribution in [0.3, 0.4) is 0 Å². The Morgan fingerprint density at radius 3 is 1.77 bits per heavy atom. The van der Waals surface area contributed by atoms with Gasteiger partial charge in [0.05, 0.1) is 0 Å². The molecule has 1 aromatic rings. The molecule has 0 unspecified atom stereocenters. The number of hydrogen-bond acceptors (Lipinski definition) is 1. The minimum atomic E-state index is 0.840. The zero-order chi connectivity index (χ0) is 10.7. The minimum absolute atomic E-state index is 0.840. The molecule has 0 heterocycles. The van der Waals surface area contributed by atoms with E-state index in [2.05, 4.69) is 31.7 Å². The number of rotatable bonds is 1. The Bertz CT molecular complexity index is 194. The van der Waals surface area contributed by atoms with Gasteiger partial charge in [0.1, 0.15) is 0 Å². The molecule has 0 saturated carbocycles. The monoisotopic (exact) mass is 198 g/mol. The Morgan fingerprint density at radius 2 is 1.46 bits per heavy atom. The summed E-state index contributed by atoms with van der Waals surface area (Å²) in [7, 11) is 0. The molecule has 0 amide bonds. The first-order chi connectivity index (χ1) is 6.34. The second-order valence-corrected chi connectivity index (χ2v) is 2.40. The molecule has 13 heavy (non-hydrogen) atoms. The summed E-state index contributed by atoms with van der Waals surface area (Å²) in [5.41, 5.74) is 2.65. The summed E-state index contributed by atoms with van der Waals surface area (Å²) in [5, 5.41) is 0. The summed E-state index contributed by atoms with van der Waals surface area (Å²) < 4.78 is 0. The molecule has 1 rings (SSSR count). The highest BCUT2D eigenvalue weighted by Gasteiger charge is 1.89. The fraction of sp³-hybridized carbons (Fsp3) is 0.500. The lowest BCUT2D eigenvalue weighted by Crippen LogP contribution is -1.80. The topological polar surface area (TPSA) is 0 Å². The predicted molar refractivity (Wildman–Crippen MR) is 66.6 cm³/mol. The average Bonchev–Trinajstić information content (AvgIpc) is 2.24. The molecular weight excluding hydrogens is 176 g/mol. The summed E-state index contributed by atoms with van der Waals surface area (Å²) in [6, 6.07) is 8.29. The second kappa shape index (κ2) is 11.6. The summed E-state index contributed by atoms with van der Waals surface area (Å²) in [4.78, 5) is 0. The van der Waals surface area contributed by atoms with E-state index in [-0.39, 0.29) is 0 Å². The molecule has 0 saturated heterocycles. The van der Waals surface area contributed by atoms with Crippen LogP contribution in [0, 0.1) is 6.92 Å². The van der Waals surface area contributed by atoms with Crippen LogP contribution >= 0.6 is 12.6 Å². The molecule has 76 valence electrons. The molecule has 1 aromatic carbocycles. The first-order valence-corrected chi connectivity index (χ1v) is 5.63. The fourth-order valence-electron chi connectivity index (χ4n) is 0.787. The molecule has 0 bridgehead atoms. The zero-order valence-electron chi connectivity index (χ0n) is 9.46. The predicted octanol–water partition coefficient (Wildman–Crippen LogP) is 4.48. The van der Waals surface area contributed by atoms with E-state index in [1.165, 1.54) is 11.1 Å². The van der Waals surface area contributed by atoms with E-state index < -0.39 is 0 Å². The largest absolute Gasteiger partial charge is 0.175 e. The van der Waals surface area contributed by atoms with E-state index in [0.717, 1.165) is 5.75 Å². The van der Waals surface area contributed by atoms with Gasteiger partial charge in [-0.15, -0.1) is 0 Å². The van der Waals surface area contributed by atoms with Crippen molar-refractivity contribution in [3.05, 3.63) is 35.4 Å². The van der Waals surface area contributed by atoms with Crippen molar-refractivity contribution in [2.45, 2.75) is 40.4 Å². The van der Waals surface area contributed by atoms with Crippen LogP contribution in [0.15, 0.2) is 24.3 Å². The van der Waals surface area contributed by atoms with Crippen LogP contribution in [0.5, 0.6) is 0 Å². The van der Waals surface area contributed by atoms with Crippen LogP contribution in [0.25, 0.3) is 0 Å². The molecule has 0 radical (unpaired) electrons. The highest BCUT2D eigenvalue weighted by atomic mass is 32.1. The first kappa shape index (κ1) is 15.1. The van der Waals surface area contributed by atoms with Gasteiger partial charge in [-0.2, -0.15) is 12.6 Å². The Morgan fingerprint density at radius 1 is 1.00 bits per heavy atom. The zero-order valence-corrected chi connectivity index (χ0v) is 10.4. The van der Waals surface area contributed by atoms with Crippen molar-refractivity contribution in [2.24, 2.45) is 0 Å². The maximum Gasteiger partial charge on any atom is 0.0156 e. The Balaban J connectivity index is 0. The lowest BCUT2D eigenvalue weighted by atomic mass is 10.1. The molecule has 0 aliphatic heterocycles. The summed E-state index contributed by atoms with van der Waals surface area (Å²) in [6.07, 6.45) is 0. The van der Waals surface area contributed by atoms with Crippen LogP contribution < -0.4 is 0 Å². The fourth-order valence-corrected chi connectivity index (χ4v) is 1.14. The van der Waals surface area contributed by atoms with Crippen LogP contribution in [0.2, 0.25) is 0 Å². The lowest BCUT2D eigenvalue weighted by Gasteiger charge is -1.98. The maximum atomic E-state index is 4.18. The molecule has 0 aliphatic carbocycles. The number of hydrogen-bond donors (Lipinski definition) is 1. The standard InChI is InChI=1S/C8H10S.2C2H6/c1-7-4-2-3-5-8(7)6-9;2*1-2/h2-5,9H,6H2,1H3;2*1-2H3. The van der Waals surface area contributed by atoms with Gasteiger partial charge in [-0.1, -0.05) is 52.0 Å². The molecule has 0 aromatic heterocycles. The van der Waals surface area contributed by atoms with Crippen molar-refractivity contribution in [2.75, 3.05) is 0 Å². The van der Waals surface area contributed by atoms with E-state index in [4.69, 9.17) is 0 Å². The molecule has 0 atom stereocenters. The summed E-state index contributed by atoms with van der Waals surface area (Å²) in [5.74, 6) is 0.840. The highest BCUT2D eigenvalue weighted by Crippen LogP contribution is 2.08. The van der Waals surface area contributed by atoms with Gasteiger partial charge in [-0.3, -0.25) is 0 Å². The van der Waals surface area contributed by atoms with Crippen molar-refractivity contribution >= 4 is 12.6 Å². The van der Waals surface area contributed by atoms with Gasteiger partial charge < -0.3 is 0 Å². The molecule has 0 spiro atoms. The minimum Gasteiger partial charge on any atom is -0.175 e. The molecule has 0 N–H and O–H groups in total. The van der Waals surface area contributed by atoms with Crippen molar-refractivity contribution in [3.63, 3.8) is 0 Å². The number of benzene rings is 1. The van der Waals surface area contributed by atoms with Gasteiger partial charge in [0.25, 0.3) is 0 Å². The molecule has 0 nitrogen and oxygen atoms in total. The van der Waals surface area contributed by atoms with E-state index in [1.54, 1.807) is 0 Å². The smallest absolute Gasteiger partial charge is 0.0156 e. The second-order valence-electron chi connectivity index (χ2n) is 2.08. The average molecular weight is 198 g/mol. The van der Waals surface area contributed by atoms with Crippen LogP contribution in [0.1, 0.15) is 38.8 Å². The van der Waals surface area contributed by atoms with Gasteiger partial charge in [-0.25, -0.2) is 0 Å². The van der Waals surface area contributed by atoms with Crippen LogP contribution in [0.4, 0.5) is 0 Å². The van der Waals surface area contributed by atoms with Gasteiger partial charge in [0.2, 0.25) is 0 Å². The molecular formula is C12H22S. The first-order valence-electron chi connectivity index (χ1n) is 5.00. The maximum absolute atomic E-state index is 4.18. The quantitative estimate of drug-likeness (QED) is 0.632. The van der Waals surface area contributed by atoms with Crippen LogP contribution in [-0.4, -0.2) is 0 Å². The van der Waals surface area contributed by atoms with Gasteiger partial charge >= 0.3 is 0 Å². The van der Waals surface area contributed by atoms with Gasteiger partial charge in [0.15, 0.2) is 0 Å². The van der Waals surface area contributed by atoms with Gasteiger partial charge in [0, 0.05) is 5.75 Å². The van der Waals surface area contributed by atoms with E-state index in [9.17, 15) is 0 Å². The third-order valence-electron chi connectivity index (χ3n) is 1.43. The van der Waals surface area contributed by atoms with Crippen molar-refractivity contribution < 1.29 is 0 Å². The molecule has 1 heteroatoms. The van der Waals surface area contributed by atoms with Crippen LogP contribution in [-0.2, 0) is 5.75 Å². The van der Waals surface area contributed by atoms with Crippen molar-refractivity contribution in [1.29, 1.82) is 0 Å².